The van der Waals surface area contributed by atoms with Gasteiger partial charge in [0.05, 0.1) is 17.6 Å². The molecule has 0 amide bonds. The highest BCUT2D eigenvalue weighted by molar-refractivity contribution is 6.15. The molecule has 4 heteroatoms. The number of rotatable bonds is 1. The van der Waals surface area contributed by atoms with Crippen LogP contribution in [0.15, 0.2) is 11.6 Å². The summed E-state index contributed by atoms with van der Waals surface area (Å²) in [4.78, 5) is 25.8. The molecular formula is C20H28O4. The van der Waals surface area contributed by atoms with Crippen LogP contribution in [-0.4, -0.2) is 34.5 Å². The van der Waals surface area contributed by atoms with Crippen LogP contribution in [0, 0.1) is 28.6 Å². The summed E-state index contributed by atoms with van der Waals surface area (Å²) in [6, 6.07) is 0. The molecule has 4 aliphatic rings. The first-order chi connectivity index (χ1) is 11.0. The zero-order chi connectivity index (χ0) is 17.7. The molecule has 2 saturated carbocycles. The van der Waals surface area contributed by atoms with Crippen molar-refractivity contribution in [3.8, 4) is 0 Å². The van der Waals surface area contributed by atoms with Crippen molar-refractivity contribution in [1.82, 2.24) is 0 Å². The maximum absolute atomic E-state index is 13.1. The quantitative estimate of drug-likeness (QED) is 0.592. The summed E-state index contributed by atoms with van der Waals surface area (Å²) in [7, 11) is 0. The Kier molecular flexibility index (Phi) is 3.15. The molecule has 24 heavy (non-hydrogen) atoms. The number of Topliss-reactive ketones (excluding diaryl/α,β-unsaturated/α-hetero) is 1. The molecule has 132 valence electrons. The summed E-state index contributed by atoms with van der Waals surface area (Å²) in [5, 5.41) is 10.7. The molecule has 0 radical (unpaired) electrons. The van der Waals surface area contributed by atoms with Gasteiger partial charge in [-0.2, -0.15) is 0 Å². The van der Waals surface area contributed by atoms with Gasteiger partial charge in [-0.3, -0.25) is 9.59 Å². The molecule has 0 bridgehead atoms. The van der Waals surface area contributed by atoms with Crippen LogP contribution in [0.5, 0.6) is 0 Å². The van der Waals surface area contributed by atoms with E-state index in [-0.39, 0.29) is 40.8 Å². The van der Waals surface area contributed by atoms with Crippen LogP contribution in [0.4, 0.5) is 0 Å². The van der Waals surface area contributed by atoms with Gasteiger partial charge in [0, 0.05) is 12.3 Å². The molecule has 0 aromatic rings. The fourth-order valence-electron chi connectivity index (χ4n) is 5.80. The zero-order valence-corrected chi connectivity index (χ0v) is 15.3. The van der Waals surface area contributed by atoms with E-state index in [1.807, 2.05) is 13.8 Å². The second kappa shape index (κ2) is 4.59. The Balaban J connectivity index is 1.83. The van der Waals surface area contributed by atoms with E-state index in [9.17, 15) is 14.7 Å². The molecule has 0 aromatic heterocycles. The van der Waals surface area contributed by atoms with Gasteiger partial charge in [0.25, 0.3) is 0 Å². The fourth-order valence-corrected chi connectivity index (χ4v) is 5.80. The zero-order valence-electron chi connectivity index (χ0n) is 15.3. The number of hydrogen-bond acceptors (Lipinski definition) is 4. The van der Waals surface area contributed by atoms with Crippen LogP contribution < -0.4 is 0 Å². The van der Waals surface area contributed by atoms with Crippen molar-refractivity contribution in [2.45, 2.75) is 71.7 Å². The Labute approximate surface area is 143 Å². The summed E-state index contributed by atoms with van der Waals surface area (Å²) in [5.74, 6) is 0.430. The van der Waals surface area contributed by atoms with E-state index in [2.05, 4.69) is 20.8 Å². The lowest BCUT2D eigenvalue weighted by Crippen LogP contribution is -2.54. The molecule has 3 aliphatic carbocycles. The number of allylic oxidation sites excluding steroid dienone is 2. The van der Waals surface area contributed by atoms with E-state index >= 15 is 0 Å². The van der Waals surface area contributed by atoms with Crippen molar-refractivity contribution in [1.29, 1.82) is 0 Å². The molecule has 1 heterocycles. The molecular weight excluding hydrogens is 304 g/mol. The van der Waals surface area contributed by atoms with Crippen LogP contribution in [0.2, 0.25) is 0 Å². The third-order valence-electron chi connectivity index (χ3n) is 7.67. The van der Waals surface area contributed by atoms with Crippen molar-refractivity contribution in [2.75, 3.05) is 0 Å². The van der Waals surface area contributed by atoms with Gasteiger partial charge in [-0.1, -0.05) is 26.3 Å². The number of aliphatic hydroxyl groups excluding tert-OH is 1. The lowest BCUT2D eigenvalue weighted by molar-refractivity contribution is -0.152. The van der Waals surface area contributed by atoms with Crippen molar-refractivity contribution in [2.24, 2.45) is 28.6 Å². The van der Waals surface area contributed by atoms with Crippen LogP contribution in [-0.2, 0) is 14.3 Å². The minimum atomic E-state index is -0.912. The number of ketones is 2. The van der Waals surface area contributed by atoms with Crippen molar-refractivity contribution < 1.29 is 19.4 Å². The minimum absolute atomic E-state index is 0.0208. The summed E-state index contributed by atoms with van der Waals surface area (Å²) in [6.07, 6.45) is 3.03. The normalized spacial score (nSPS) is 53.2. The predicted molar refractivity (Wildman–Crippen MR) is 89.3 cm³/mol. The number of epoxide rings is 1. The smallest absolute Gasteiger partial charge is 0.169 e. The van der Waals surface area contributed by atoms with Crippen LogP contribution >= 0.6 is 0 Å². The minimum Gasteiger partial charge on any atom is -0.390 e. The molecule has 7 atom stereocenters. The third-order valence-corrected chi connectivity index (χ3v) is 7.67. The SMILES string of the molecule is CC(C)C1=CC(=O)[C@@]2(C)C(=O)C[C@@]3(C)C[C@@H](O)[C@]4(C)O[C@@H]4C[C@@H]3[C@@H]12. The highest BCUT2D eigenvalue weighted by atomic mass is 16.6. The molecule has 1 saturated heterocycles. The van der Waals surface area contributed by atoms with Gasteiger partial charge in [0.1, 0.15) is 11.4 Å². The number of carbonyl (C=O) groups is 2. The first-order valence-electron chi connectivity index (χ1n) is 9.19. The second-order valence-electron chi connectivity index (χ2n) is 9.45. The van der Waals surface area contributed by atoms with Gasteiger partial charge in [0.2, 0.25) is 0 Å². The lowest BCUT2D eigenvalue weighted by Gasteiger charge is -2.51. The standard InChI is InChI=1S/C20H28O4/c1-10(2)11-6-13(21)19(4)14(22)8-18(3)9-15(23)20(5)16(24-20)7-12(18)17(11)19/h6,10,12,15-17,23H,7-9H2,1-5H3/t12-,15-,16-,17-,18+,19+,20+/m1/s1. The van der Waals surface area contributed by atoms with E-state index in [1.54, 1.807) is 6.08 Å². The first kappa shape index (κ1) is 16.5. The van der Waals surface area contributed by atoms with Gasteiger partial charge >= 0.3 is 0 Å². The van der Waals surface area contributed by atoms with Crippen LogP contribution in [0.25, 0.3) is 0 Å². The second-order valence-corrected chi connectivity index (χ2v) is 9.45. The monoisotopic (exact) mass is 332 g/mol. The summed E-state index contributed by atoms with van der Waals surface area (Å²) in [5.41, 5.74) is -0.529. The van der Waals surface area contributed by atoms with Crippen LogP contribution in [0.1, 0.15) is 53.9 Å². The molecule has 4 nitrogen and oxygen atoms in total. The van der Waals surface area contributed by atoms with E-state index < -0.39 is 17.1 Å². The van der Waals surface area contributed by atoms with Gasteiger partial charge in [0.15, 0.2) is 5.78 Å². The maximum Gasteiger partial charge on any atom is 0.169 e. The third kappa shape index (κ3) is 1.82. The molecule has 4 rings (SSSR count). The van der Waals surface area contributed by atoms with Gasteiger partial charge in [-0.05, 0) is 50.0 Å². The summed E-state index contributed by atoms with van der Waals surface area (Å²) >= 11 is 0. The number of ether oxygens (including phenoxy) is 1. The number of carbonyl (C=O) groups excluding carboxylic acids is 2. The molecule has 1 aliphatic heterocycles. The molecule has 0 unspecified atom stereocenters. The largest absolute Gasteiger partial charge is 0.390 e. The van der Waals surface area contributed by atoms with E-state index in [0.717, 1.165) is 12.0 Å². The van der Waals surface area contributed by atoms with E-state index in [0.29, 0.717) is 12.8 Å². The van der Waals surface area contributed by atoms with Gasteiger partial charge in [-0.25, -0.2) is 0 Å². The molecule has 0 spiro atoms. The predicted octanol–water partition coefficient (Wildman–Crippen LogP) is 2.68. The Morgan fingerprint density at radius 3 is 2.54 bits per heavy atom. The van der Waals surface area contributed by atoms with E-state index in [4.69, 9.17) is 4.74 Å². The Hall–Kier alpha value is -1.00. The first-order valence-corrected chi connectivity index (χ1v) is 9.19. The van der Waals surface area contributed by atoms with Gasteiger partial charge < -0.3 is 9.84 Å². The van der Waals surface area contributed by atoms with Crippen molar-refractivity contribution in [3.63, 3.8) is 0 Å². The molecule has 1 N–H and O–H groups in total. The summed E-state index contributed by atoms with van der Waals surface area (Å²) in [6.45, 7) is 10.2. The Bertz CT molecular complexity index is 665. The highest BCUT2D eigenvalue weighted by Gasteiger charge is 2.69. The topological polar surface area (TPSA) is 66.9 Å². The average Bonchev–Trinajstić information content (AvgIpc) is 3.06. The van der Waals surface area contributed by atoms with Crippen molar-refractivity contribution >= 4 is 11.6 Å². The Morgan fingerprint density at radius 1 is 1.25 bits per heavy atom. The fraction of sp³-hybridized carbons (Fsp3) is 0.800. The molecule has 0 aromatic carbocycles. The lowest BCUT2D eigenvalue weighted by atomic mass is 9.50. The van der Waals surface area contributed by atoms with E-state index in [1.165, 1.54) is 0 Å². The number of hydrogen-bond donors (Lipinski definition) is 1. The van der Waals surface area contributed by atoms with Gasteiger partial charge in [-0.15, -0.1) is 0 Å². The van der Waals surface area contributed by atoms with Crippen molar-refractivity contribution in [3.05, 3.63) is 11.6 Å². The van der Waals surface area contributed by atoms with Crippen LogP contribution in [0.3, 0.4) is 0 Å². The number of fused-ring (bicyclic) bond motifs is 4. The summed E-state index contributed by atoms with van der Waals surface area (Å²) < 4.78 is 5.84. The Morgan fingerprint density at radius 2 is 1.92 bits per heavy atom. The number of aliphatic hydroxyl groups is 1. The average molecular weight is 332 g/mol. The highest BCUT2D eigenvalue weighted by Crippen LogP contribution is 2.64. The maximum atomic E-state index is 13.1. The molecule has 3 fully saturated rings.